The molecule has 0 atom stereocenters. The van der Waals surface area contributed by atoms with Crippen LogP contribution in [0.4, 0.5) is 0 Å². The number of benzene rings is 1. The molecule has 0 bridgehead atoms. The van der Waals surface area contributed by atoms with Crippen LogP contribution in [0.3, 0.4) is 0 Å². The molecule has 30 heavy (non-hydrogen) atoms. The van der Waals surface area contributed by atoms with Gasteiger partial charge < -0.3 is 20.3 Å². The minimum atomic E-state index is 0.0327. The van der Waals surface area contributed by atoms with Gasteiger partial charge in [0.1, 0.15) is 0 Å². The summed E-state index contributed by atoms with van der Waals surface area (Å²) in [6.07, 6.45) is 11.3. The summed E-state index contributed by atoms with van der Waals surface area (Å²) >= 11 is 0. The first kappa shape index (κ1) is 24.2. The molecule has 0 aromatic heterocycles. The third kappa shape index (κ3) is 9.16. The first-order valence-corrected chi connectivity index (χ1v) is 11.5. The van der Waals surface area contributed by atoms with E-state index in [1.165, 1.54) is 38.5 Å². The quantitative estimate of drug-likeness (QED) is 0.265. The molecular formula is C24H40N4O2. The van der Waals surface area contributed by atoms with Crippen molar-refractivity contribution >= 4 is 11.9 Å². The van der Waals surface area contributed by atoms with Crippen molar-refractivity contribution in [2.24, 2.45) is 4.99 Å². The molecule has 1 aliphatic carbocycles. The van der Waals surface area contributed by atoms with Crippen LogP contribution in [0.5, 0.6) is 0 Å². The molecule has 1 aromatic carbocycles. The van der Waals surface area contributed by atoms with Crippen LogP contribution in [0, 0.1) is 0 Å². The smallest absolute Gasteiger partial charge is 0.253 e. The summed E-state index contributed by atoms with van der Waals surface area (Å²) in [6.45, 7) is 2.52. The van der Waals surface area contributed by atoms with Crippen LogP contribution < -0.4 is 10.6 Å². The highest BCUT2D eigenvalue weighted by Crippen LogP contribution is 2.19. The molecule has 0 heterocycles. The van der Waals surface area contributed by atoms with E-state index < -0.39 is 0 Å². The highest BCUT2D eigenvalue weighted by atomic mass is 16.5. The average molecular weight is 417 g/mol. The van der Waals surface area contributed by atoms with Crippen LogP contribution in [0.15, 0.2) is 29.3 Å². The summed E-state index contributed by atoms with van der Waals surface area (Å²) in [6, 6.07) is 7.82. The van der Waals surface area contributed by atoms with E-state index in [9.17, 15) is 4.79 Å². The largest absolute Gasteiger partial charge is 0.378 e. The fraction of sp³-hybridized carbons (Fsp3) is 0.667. The number of ether oxygens (including phenoxy) is 1. The fourth-order valence-corrected chi connectivity index (χ4v) is 3.76. The third-order valence-electron chi connectivity index (χ3n) is 5.53. The SMILES string of the molecule is CN=C(NCCCCOC1CCCCCC1)NCCc1cccc(C(=O)N(C)C)c1. The zero-order valence-corrected chi connectivity index (χ0v) is 19.1. The molecule has 2 rings (SSSR count). The molecule has 0 saturated heterocycles. The van der Waals surface area contributed by atoms with Crippen molar-refractivity contribution < 1.29 is 9.53 Å². The first-order chi connectivity index (χ1) is 14.6. The Morgan fingerprint density at radius 3 is 2.53 bits per heavy atom. The maximum Gasteiger partial charge on any atom is 0.253 e. The summed E-state index contributed by atoms with van der Waals surface area (Å²) in [5.41, 5.74) is 1.87. The second-order valence-electron chi connectivity index (χ2n) is 8.27. The van der Waals surface area contributed by atoms with Crippen molar-refractivity contribution in [2.75, 3.05) is 40.8 Å². The second-order valence-corrected chi connectivity index (χ2v) is 8.27. The maximum atomic E-state index is 12.1. The van der Waals surface area contributed by atoms with E-state index in [4.69, 9.17) is 4.74 Å². The van der Waals surface area contributed by atoms with Crippen LogP contribution in [0.1, 0.15) is 67.3 Å². The molecule has 0 radical (unpaired) electrons. The van der Waals surface area contributed by atoms with E-state index in [1.54, 1.807) is 26.0 Å². The monoisotopic (exact) mass is 416 g/mol. The lowest BCUT2D eigenvalue weighted by atomic mass is 10.1. The van der Waals surface area contributed by atoms with Crippen molar-refractivity contribution in [1.82, 2.24) is 15.5 Å². The molecular weight excluding hydrogens is 376 g/mol. The Kier molecular flexibility index (Phi) is 11.3. The van der Waals surface area contributed by atoms with E-state index in [2.05, 4.69) is 21.7 Å². The number of carbonyl (C=O) groups excluding carboxylic acids is 1. The Balaban J connectivity index is 1.58. The Bertz CT molecular complexity index is 652. The van der Waals surface area contributed by atoms with E-state index in [0.29, 0.717) is 6.10 Å². The van der Waals surface area contributed by atoms with Gasteiger partial charge in [-0.05, 0) is 49.8 Å². The molecule has 0 aliphatic heterocycles. The van der Waals surface area contributed by atoms with Crippen LogP contribution in [0.2, 0.25) is 0 Å². The number of rotatable bonds is 10. The molecule has 1 aliphatic rings. The predicted octanol–water partition coefficient (Wildman–Crippen LogP) is 3.62. The van der Waals surface area contributed by atoms with Crippen molar-refractivity contribution in [1.29, 1.82) is 0 Å². The topological polar surface area (TPSA) is 66.0 Å². The summed E-state index contributed by atoms with van der Waals surface area (Å²) in [7, 11) is 5.34. The first-order valence-electron chi connectivity index (χ1n) is 11.5. The average Bonchev–Trinajstić information content (AvgIpc) is 3.03. The highest BCUT2D eigenvalue weighted by molar-refractivity contribution is 5.94. The number of guanidine groups is 1. The fourth-order valence-electron chi connectivity index (χ4n) is 3.76. The normalized spacial score (nSPS) is 15.5. The lowest BCUT2D eigenvalue weighted by Gasteiger charge is -2.16. The zero-order valence-electron chi connectivity index (χ0n) is 19.1. The molecule has 1 saturated carbocycles. The number of hydrogen-bond donors (Lipinski definition) is 2. The van der Waals surface area contributed by atoms with Gasteiger partial charge in [-0.1, -0.05) is 37.8 Å². The molecule has 1 aromatic rings. The van der Waals surface area contributed by atoms with E-state index in [1.807, 2.05) is 18.2 Å². The van der Waals surface area contributed by atoms with Gasteiger partial charge in [0.25, 0.3) is 5.91 Å². The van der Waals surface area contributed by atoms with Crippen molar-refractivity contribution in [2.45, 2.75) is 63.9 Å². The summed E-state index contributed by atoms with van der Waals surface area (Å²) in [5.74, 6) is 0.852. The molecule has 0 unspecified atom stereocenters. The minimum absolute atomic E-state index is 0.0327. The number of nitrogens with one attached hydrogen (secondary N) is 2. The van der Waals surface area contributed by atoms with Gasteiger partial charge >= 0.3 is 0 Å². The number of aliphatic imine (C=N–C) groups is 1. The molecule has 6 heteroatoms. The number of amides is 1. The predicted molar refractivity (Wildman–Crippen MR) is 124 cm³/mol. The van der Waals surface area contributed by atoms with E-state index >= 15 is 0 Å². The standard InChI is InChI=1S/C24H40N4O2/c1-25-24(26-16-8-9-18-30-22-13-6-4-5-7-14-22)27-17-15-20-11-10-12-21(19-20)23(29)28(2)3/h10-12,19,22H,4-9,13-18H2,1-3H3,(H2,25,26,27). The summed E-state index contributed by atoms with van der Waals surface area (Å²) < 4.78 is 6.05. The Morgan fingerprint density at radius 2 is 1.83 bits per heavy atom. The van der Waals surface area contributed by atoms with Crippen molar-refractivity contribution in [3.05, 3.63) is 35.4 Å². The van der Waals surface area contributed by atoms with Crippen LogP contribution in [-0.2, 0) is 11.2 Å². The van der Waals surface area contributed by atoms with Gasteiger partial charge in [0.2, 0.25) is 0 Å². The van der Waals surface area contributed by atoms with Crippen LogP contribution in [-0.4, -0.2) is 63.7 Å². The Hall–Kier alpha value is -2.08. The van der Waals surface area contributed by atoms with Gasteiger partial charge in [0.05, 0.1) is 6.10 Å². The number of unbranched alkanes of at least 4 members (excludes halogenated alkanes) is 1. The number of carbonyl (C=O) groups is 1. The maximum absolute atomic E-state index is 12.1. The van der Waals surface area contributed by atoms with E-state index in [-0.39, 0.29) is 5.91 Å². The molecule has 0 spiro atoms. The zero-order chi connectivity index (χ0) is 21.6. The molecule has 1 fully saturated rings. The lowest BCUT2D eigenvalue weighted by molar-refractivity contribution is 0.0411. The molecule has 168 valence electrons. The minimum Gasteiger partial charge on any atom is -0.378 e. The molecule has 2 N–H and O–H groups in total. The van der Waals surface area contributed by atoms with Crippen molar-refractivity contribution in [3.8, 4) is 0 Å². The van der Waals surface area contributed by atoms with Crippen LogP contribution >= 0.6 is 0 Å². The molecule has 6 nitrogen and oxygen atoms in total. The van der Waals surface area contributed by atoms with Crippen LogP contribution in [0.25, 0.3) is 0 Å². The van der Waals surface area contributed by atoms with Gasteiger partial charge in [0, 0.05) is 46.4 Å². The number of hydrogen-bond acceptors (Lipinski definition) is 3. The van der Waals surface area contributed by atoms with E-state index in [0.717, 1.165) is 56.0 Å². The van der Waals surface area contributed by atoms with Gasteiger partial charge in [-0.15, -0.1) is 0 Å². The Morgan fingerprint density at radius 1 is 1.10 bits per heavy atom. The highest BCUT2D eigenvalue weighted by Gasteiger charge is 2.12. The van der Waals surface area contributed by atoms with Gasteiger partial charge in [-0.3, -0.25) is 9.79 Å². The van der Waals surface area contributed by atoms with Gasteiger partial charge in [0.15, 0.2) is 5.96 Å². The second kappa shape index (κ2) is 14.0. The summed E-state index contributed by atoms with van der Waals surface area (Å²) in [5, 5.41) is 6.72. The molecule has 1 amide bonds. The summed E-state index contributed by atoms with van der Waals surface area (Å²) in [4.78, 5) is 18.0. The van der Waals surface area contributed by atoms with Crippen molar-refractivity contribution in [3.63, 3.8) is 0 Å². The van der Waals surface area contributed by atoms with Gasteiger partial charge in [-0.25, -0.2) is 0 Å². The number of nitrogens with zero attached hydrogens (tertiary/aromatic N) is 2. The van der Waals surface area contributed by atoms with Gasteiger partial charge in [-0.2, -0.15) is 0 Å². The lowest BCUT2D eigenvalue weighted by Crippen LogP contribution is -2.38. The Labute approximate surface area is 182 Å². The third-order valence-corrected chi connectivity index (χ3v) is 5.53.